The molecule has 5 nitrogen and oxygen atoms in total. The highest BCUT2D eigenvalue weighted by atomic mass is 16.2. The summed E-state index contributed by atoms with van der Waals surface area (Å²) in [6.45, 7) is 0.453. The van der Waals surface area contributed by atoms with E-state index in [1.165, 1.54) is 0 Å². The lowest BCUT2D eigenvalue weighted by Gasteiger charge is -2.26. The van der Waals surface area contributed by atoms with Gasteiger partial charge in [0.2, 0.25) is 11.8 Å². The zero-order valence-electron chi connectivity index (χ0n) is 10.8. The summed E-state index contributed by atoms with van der Waals surface area (Å²) < 4.78 is 0. The van der Waals surface area contributed by atoms with Gasteiger partial charge in [0.1, 0.15) is 0 Å². The van der Waals surface area contributed by atoms with Crippen LogP contribution in [0.2, 0.25) is 0 Å². The quantitative estimate of drug-likeness (QED) is 0.724. The number of amides is 2. The molecule has 1 saturated carbocycles. The lowest BCUT2D eigenvalue weighted by molar-refractivity contribution is -0.131. The van der Waals surface area contributed by atoms with Crippen LogP contribution in [0.5, 0.6) is 0 Å². The van der Waals surface area contributed by atoms with Crippen molar-refractivity contribution in [2.45, 2.75) is 44.1 Å². The van der Waals surface area contributed by atoms with Crippen molar-refractivity contribution in [1.29, 1.82) is 0 Å². The van der Waals surface area contributed by atoms with E-state index < -0.39 is 0 Å². The second-order valence-electron chi connectivity index (χ2n) is 4.98. The molecule has 0 radical (unpaired) electrons. The molecule has 0 atom stereocenters. The first-order chi connectivity index (χ1) is 7.97. The third kappa shape index (κ3) is 4.34. The largest absolute Gasteiger partial charge is 0.359 e. The van der Waals surface area contributed by atoms with Gasteiger partial charge in [0.05, 0.1) is 0 Å². The van der Waals surface area contributed by atoms with E-state index in [1.807, 2.05) is 0 Å². The van der Waals surface area contributed by atoms with Crippen molar-refractivity contribution < 1.29 is 9.59 Å². The van der Waals surface area contributed by atoms with Crippen LogP contribution in [0.3, 0.4) is 0 Å². The fourth-order valence-corrected chi connectivity index (χ4v) is 2.21. The molecule has 0 unspecified atom stereocenters. The molecule has 5 heteroatoms. The third-order valence-corrected chi connectivity index (χ3v) is 3.48. The average Bonchev–Trinajstić information content (AvgIpc) is 2.71. The van der Waals surface area contributed by atoms with Gasteiger partial charge in [-0.25, -0.2) is 0 Å². The number of rotatable bonds is 5. The number of hydrogen-bond acceptors (Lipinski definition) is 3. The van der Waals surface area contributed by atoms with Crippen LogP contribution in [0.25, 0.3) is 0 Å². The molecular weight excluding hydrogens is 218 g/mol. The molecule has 0 heterocycles. The summed E-state index contributed by atoms with van der Waals surface area (Å²) >= 11 is 0. The Hall–Kier alpha value is -1.10. The summed E-state index contributed by atoms with van der Waals surface area (Å²) in [5, 5.41) is 2.54. The first kappa shape index (κ1) is 14.0. The van der Waals surface area contributed by atoms with Gasteiger partial charge in [-0.05, 0) is 12.8 Å². The standard InChI is InChI=1S/C12H23N3O2/c1-14-10(16)5-8-15(2)11(17)9-12(13)6-3-4-7-12/h3-9,13H2,1-2H3,(H,14,16). The molecule has 0 spiro atoms. The van der Waals surface area contributed by atoms with Gasteiger partial charge in [-0.2, -0.15) is 0 Å². The molecule has 3 N–H and O–H groups in total. The minimum Gasteiger partial charge on any atom is -0.359 e. The minimum absolute atomic E-state index is 0.0401. The fourth-order valence-electron chi connectivity index (χ4n) is 2.21. The van der Waals surface area contributed by atoms with E-state index in [1.54, 1.807) is 19.0 Å². The Morgan fingerprint density at radius 3 is 2.47 bits per heavy atom. The molecule has 0 saturated heterocycles. The van der Waals surface area contributed by atoms with Crippen LogP contribution < -0.4 is 11.1 Å². The highest BCUT2D eigenvalue weighted by molar-refractivity contribution is 5.79. The molecule has 1 fully saturated rings. The van der Waals surface area contributed by atoms with Crippen molar-refractivity contribution in [2.24, 2.45) is 5.73 Å². The van der Waals surface area contributed by atoms with Crippen LogP contribution in [0.1, 0.15) is 38.5 Å². The number of nitrogens with zero attached hydrogens (tertiary/aromatic N) is 1. The molecule has 98 valence electrons. The molecule has 0 aromatic rings. The maximum Gasteiger partial charge on any atom is 0.224 e. The van der Waals surface area contributed by atoms with E-state index in [2.05, 4.69) is 5.32 Å². The fraction of sp³-hybridized carbons (Fsp3) is 0.833. The highest BCUT2D eigenvalue weighted by Crippen LogP contribution is 2.30. The van der Waals surface area contributed by atoms with Crippen molar-refractivity contribution in [3.8, 4) is 0 Å². The van der Waals surface area contributed by atoms with Gasteiger partial charge >= 0.3 is 0 Å². The van der Waals surface area contributed by atoms with Crippen LogP contribution in [0.15, 0.2) is 0 Å². The summed E-state index contributed by atoms with van der Waals surface area (Å²) in [6, 6.07) is 0. The Labute approximate surface area is 103 Å². The Morgan fingerprint density at radius 1 is 1.35 bits per heavy atom. The topological polar surface area (TPSA) is 75.4 Å². The summed E-state index contributed by atoms with van der Waals surface area (Å²) in [7, 11) is 3.32. The third-order valence-electron chi connectivity index (χ3n) is 3.48. The molecule has 17 heavy (non-hydrogen) atoms. The monoisotopic (exact) mass is 241 g/mol. The second-order valence-corrected chi connectivity index (χ2v) is 4.98. The van der Waals surface area contributed by atoms with Crippen molar-refractivity contribution in [3.63, 3.8) is 0 Å². The second kappa shape index (κ2) is 6.00. The summed E-state index contributed by atoms with van der Waals surface area (Å²) in [5.74, 6) is -0.00807. The Bertz CT molecular complexity index is 285. The van der Waals surface area contributed by atoms with Gasteiger partial charge in [-0.3, -0.25) is 9.59 Å². The Kier molecular flexibility index (Phi) is 4.93. The lowest BCUT2D eigenvalue weighted by Crippen LogP contribution is -2.43. The summed E-state index contributed by atoms with van der Waals surface area (Å²) in [5.41, 5.74) is 5.85. The SMILES string of the molecule is CNC(=O)CCN(C)C(=O)CC1(N)CCCC1. The van der Waals surface area contributed by atoms with E-state index in [-0.39, 0.29) is 17.4 Å². The van der Waals surface area contributed by atoms with Crippen LogP contribution >= 0.6 is 0 Å². The van der Waals surface area contributed by atoms with Gasteiger partial charge < -0.3 is 16.0 Å². The number of carbonyl (C=O) groups is 2. The molecule has 1 aliphatic carbocycles. The van der Waals surface area contributed by atoms with Crippen LogP contribution in [0, 0.1) is 0 Å². The van der Waals surface area contributed by atoms with E-state index in [4.69, 9.17) is 5.73 Å². The molecule has 2 amide bonds. The van der Waals surface area contributed by atoms with E-state index in [0.29, 0.717) is 19.4 Å². The highest BCUT2D eigenvalue weighted by Gasteiger charge is 2.32. The molecule has 1 rings (SSSR count). The summed E-state index contributed by atoms with van der Waals surface area (Å²) in [4.78, 5) is 24.6. The molecule has 0 aromatic heterocycles. The maximum absolute atomic E-state index is 11.9. The normalized spacial score (nSPS) is 17.8. The number of hydrogen-bond donors (Lipinski definition) is 2. The zero-order chi connectivity index (χ0) is 12.9. The molecule has 1 aliphatic rings. The number of nitrogens with one attached hydrogen (secondary N) is 1. The van der Waals surface area contributed by atoms with Crippen LogP contribution in [0.4, 0.5) is 0 Å². The molecule has 0 bridgehead atoms. The van der Waals surface area contributed by atoms with Gasteiger partial charge in [0, 0.05) is 39.0 Å². The van der Waals surface area contributed by atoms with Gasteiger partial charge in [0.25, 0.3) is 0 Å². The van der Waals surface area contributed by atoms with Crippen LogP contribution in [-0.2, 0) is 9.59 Å². The lowest BCUT2D eigenvalue weighted by atomic mass is 9.94. The van der Waals surface area contributed by atoms with Crippen molar-refractivity contribution in [2.75, 3.05) is 20.6 Å². The predicted molar refractivity (Wildman–Crippen MR) is 66.3 cm³/mol. The van der Waals surface area contributed by atoms with Gasteiger partial charge in [-0.1, -0.05) is 12.8 Å². The Morgan fingerprint density at radius 2 is 1.94 bits per heavy atom. The summed E-state index contributed by atoms with van der Waals surface area (Å²) in [6.07, 6.45) is 4.84. The van der Waals surface area contributed by atoms with E-state index in [9.17, 15) is 9.59 Å². The smallest absolute Gasteiger partial charge is 0.224 e. The zero-order valence-corrected chi connectivity index (χ0v) is 10.8. The molecular formula is C12H23N3O2. The van der Waals surface area contributed by atoms with Gasteiger partial charge in [0.15, 0.2) is 0 Å². The molecule has 0 aliphatic heterocycles. The maximum atomic E-state index is 11.9. The van der Waals surface area contributed by atoms with Crippen molar-refractivity contribution in [3.05, 3.63) is 0 Å². The number of nitrogens with two attached hydrogens (primary N) is 1. The van der Waals surface area contributed by atoms with E-state index in [0.717, 1.165) is 25.7 Å². The first-order valence-corrected chi connectivity index (χ1v) is 6.20. The minimum atomic E-state index is -0.307. The van der Waals surface area contributed by atoms with Crippen molar-refractivity contribution in [1.82, 2.24) is 10.2 Å². The van der Waals surface area contributed by atoms with Crippen LogP contribution in [-0.4, -0.2) is 42.9 Å². The predicted octanol–water partition coefficient (Wildman–Crippen LogP) is 0.243. The Balaban J connectivity index is 2.33. The number of carbonyl (C=O) groups excluding carboxylic acids is 2. The average molecular weight is 241 g/mol. The molecule has 0 aromatic carbocycles. The van der Waals surface area contributed by atoms with Crippen molar-refractivity contribution >= 4 is 11.8 Å². The van der Waals surface area contributed by atoms with E-state index >= 15 is 0 Å². The first-order valence-electron chi connectivity index (χ1n) is 6.20. The van der Waals surface area contributed by atoms with Gasteiger partial charge in [-0.15, -0.1) is 0 Å².